The molecule has 1 rings (SSSR count). The van der Waals surface area contributed by atoms with Crippen LogP contribution in [0.2, 0.25) is 0 Å². The average molecular weight is 304 g/mol. The molecule has 0 spiro atoms. The standard InChI is InChI=1S/C14H19F3N2O2/c1-9(2)7-10(20)8-18-13(21)19-12-6-4-3-5-11(12)14(15,16)17/h3-6,9-10,20H,7-8H2,1-2H3,(H2,18,19,21)/t10-/m1/s1. The average Bonchev–Trinajstić information content (AvgIpc) is 2.35. The fourth-order valence-corrected chi connectivity index (χ4v) is 1.84. The maximum atomic E-state index is 12.7. The highest BCUT2D eigenvalue weighted by Crippen LogP contribution is 2.34. The minimum Gasteiger partial charge on any atom is -0.391 e. The first kappa shape index (κ1) is 17.3. The molecule has 0 aliphatic rings. The molecule has 0 fully saturated rings. The first-order valence-corrected chi connectivity index (χ1v) is 6.59. The Kier molecular flexibility index (Phi) is 6.02. The van der Waals surface area contributed by atoms with Crippen LogP contribution in [-0.4, -0.2) is 23.8 Å². The van der Waals surface area contributed by atoms with Gasteiger partial charge in [-0.15, -0.1) is 0 Å². The molecule has 118 valence electrons. The number of para-hydroxylation sites is 1. The molecule has 0 saturated heterocycles. The normalized spacial score (nSPS) is 13.1. The monoisotopic (exact) mass is 304 g/mol. The Morgan fingerprint density at radius 2 is 1.90 bits per heavy atom. The molecule has 1 atom stereocenters. The van der Waals surface area contributed by atoms with Crippen LogP contribution in [0.3, 0.4) is 0 Å². The zero-order valence-electron chi connectivity index (χ0n) is 11.9. The van der Waals surface area contributed by atoms with Gasteiger partial charge in [0.15, 0.2) is 0 Å². The van der Waals surface area contributed by atoms with Gasteiger partial charge in [0.05, 0.1) is 17.4 Å². The second kappa shape index (κ2) is 7.31. The van der Waals surface area contributed by atoms with Gasteiger partial charge in [-0.3, -0.25) is 0 Å². The number of halogens is 3. The number of rotatable bonds is 5. The summed E-state index contributed by atoms with van der Waals surface area (Å²) in [6.45, 7) is 3.82. The van der Waals surface area contributed by atoms with Crippen molar-refractivity contribution in [3.05, 3.63) is 29.8 Å². The number of aliphatic hydroxyl groups is 1. The summed E-state index contributed by atoms with van der Waals surface area (Å²) < 4.78 is 38.2. The molecule has 0 aromatic heterocycles. The second-order valence-electron chi connectivity index (χ2n) is 5.16. The van der Waals surface area contributed by atoms with Crippen molar-refractivity contribution in [2.45, 2.75) is 32.5 Å². The third-order valence-corrected chi connectivity index (χ3v) is 2.72. The highest BCUT2D eigenvalue weighted by atomic mass is 19.4. The summed E-state index contributed by atoms with van der Waals surface area (Å²) in [5, 5.41) is 14.1. The van der Waals surface area contributed by atoms with Gasteiger partial charge in [0, 0.05) is 6.54 Å². The molecular weight excluding hydrogens is 285 g/mol. The van der Waals surface area contributed by atoms with Gasteiger partial charge in [-0.05, 0) is 24.5 Å². The predicted molar refractivity (Wildman–Crippen MR) is 73.9 cm³/mol. The van der Waals surface area contributed by atoms with E-state index in [0.717, 1.165) is 6.07 Å². The van der Waals surface area contributed by atoms with Gasteiger partial charge in [-0.1, -0.05) is 26.0 Å². The van der Waals surface area contributed by atoms with E-state index in [4.69, 9.17) is 0 Å². The van der Waals surface area contributed by atoms with Crippen molar-refractivity contribution in [3.63, 3.8) is 0 Å². The number of hydrogen-bond acceptors (Lipinski definition) is 2. The fraction of sp³-hybridized carbons (Fsp3) is 0.500. The van der Waals surface area contributed by atoms with Crippen molar-refractivity contribution < 1.29 is 23.1 Å². The lowest BCUT2D eigenvalue weighted by atomic mass is 10.1. The predicted octanol–water partition coefficient (Wildman–Crippen LogP) is 3.23. The highest BCUT2D eigenvalue weighted by Gasteiger charge is 2.33. The molecule has 3 N–H and O–H groups in total. The topological polar surface area (TPSA) is 61.4 Å². The van der Waals surface area contributed by atoms with E-state index < -0.39 is 23.9 Å². The molecule has 2 amide bonds. The molecule has 21 heavy (non-hydrogen) atoms. The zero-order valence-corrected chi connectivity index (χ0v) is 11.9. The third kappa shape index (κ3) is 6.03. The number of benzene rings is 1. The van der Waals surface area contributed by atoms with Crippen molar-refractivity contribution >= 4 is 11.7 Å². The lowest BCUT2D eigenvalue weighted by molar-refractivity contribution is -0.136. The van der Waals surface area contributed by atoms with E-state index in [1.54, 1.807) is 0 Å². The number of hydrogen-bond donors (Lipinski definition) is 3. The Morgan fingerprint density at radius 1 is 1.29 bits per heavy atom. The van der Waals surface area contributed by atoms with E-state index in [0.29, 0.717) is 6.42 Å². The molecule has 1 aromatic carbocycles. The first-order chi connectivity index (χ1) is 9.70. The minimum absolute atomic E-state index is 0.0157. The van der Waals surface area contributed by atoms with Crippen molar-refractivity contribution in [2.75, 3.05) is 11.9 Å². The van der Waals surface area contributed by atoms with Gasteiger partial charge < -0.3 is 15.7 Å². The van der Waals surface area contributed by atoms with Crippen LogP contribution in [0.5, 0.6) is 0 Å². The van der Waals surface area contributed by atoms with E-state index in [9.17, 15) is 23.1 Å². The second-order valence-corrected chi connectivity index (χ2v) is 5.16. The maximum absolute atomic E-state index is 12.7. The summed E-state index contributed by atoms with van der Waals surface area (Å²) >= 11 is 0. The van der Waals surface area contributed by atoms with E-state index in [-0.39, 0.29) is 18.2 Å². The number of nitrogens with one attached hydrogen (secondary N) is 2. The molecule has 7 heteroatoms. The van der Waals surface area contributed by atoms with Gasteiger partial charge in [0.1, 0.15) is 0 Å². The molecule has 0 aliphatic carbocycles. The summed E-state index contributed by atoms with van der Waals surface area (Å²) in [6.07, 6.45) is -4.77. The summed E-state index contributed by atoms with van der Waals surface area (Å²) in [5.74, 6) is 0.260. The van der Waals surface area contributed by atoms with Crippen LogP contribution in [-0.2, 0) is 6.18 Å². The number of amides is 2. The van der Waals surface area contributed by atoms with Crippen molar-refractivity contribution in [3.8, 4) is 0 Å². The Morgan fingerprint density at radius 3 is 2.48 bits per heavy atom. The van der Waals surface area contributed by atoms with Gasteiger partial charge in [-0.25, -0.2) is 4.79 Å². The summed E-state index contributed by atoms with van der Waals surface area (Å²) in [6, 6.07) is 3.93. The SMILES string of the molecule is CC(C)C[C@@H](O)CNC(=O)Nc1ccccc1C(F)(F)F. The van der Waals surface area contributed by atoms with E-state index >= 15 is 0 Å². The summed E-state index contributed by atoms with van der Waals surface area (Å²) in [7, 11) is 0. The summed E-state index contributed by atoms with van der Waals surface area (Å²) in [5.41, 5.74) is -1.23. The van der Waals surface area contributed by atoms with Gasteiger partial charge >= 0.3 is 12.2 Å². The molecule has 0 radical (unpaired) electrons. The number of anilines is 1. The molecule has 4 nitrogen and oxygen atoms in total. The van der Waals surface area contributed by atoms with E-state index in [1.165, 1.54) is 18.2 Å². The smallest absolute Gasteiger partial charge is 0.391 e. The van der Waals surface area contributed by atoms with Crippen LogP contribution in [0.15, 0.2) is 24.3 Å². The number of aliphatic hydroxyl groups excluding tert-OH is 1. The molecule has 1 aromatic rings. The molecule has 0 saturated carbocycles. The van der Waals surface area contributed by atoms with Crippen molar-refractivity contribution in [1.29, 1.82) is 0 Å². The molecule has 0 unspecified atom stereocenters. The van der Waals surface area contributed by atoms with Crippen molar-refractivity contribution in [2.24, 2.45) is 5.92 Å². The van der Waals surface area contributed by atoms with E-state index in [1.807, 2.05) is 13.8 Å². The number of alkyl halides is 3. The maximum Gasteiger partial charge on any atom is 0.418 e. The van der Waals surface area contributed by atoms with Crippen LogP contribution in [0.1, 0.15) is 25.8 Å². The molecule has 0 bridgehead atoms. The van der Waals surface area contributed by atoms with Crippen LogP contribution in [0, 0.1) is 5.92 Å². The van der Waals surface area contributed by atoms with Crippen LogP contribution in [0.4, 0.5) is 23.7 Å². The van der Waals surface area contributed by atoms with Crippen LogP contribution in [0.25, 0.3) is 0 Å². The van der Waals surface area contributed by atoms with E-state index in [2.05, 4.69) is 10.6 Å². The van der Waals surface area contributed by atoms with Gasteiger partial charge in [-0.2, -0.15) is 13.2 Å². The van der Waals surface area contributed by atoms with Crippen LogP contribution >= 0.6 is 0 Å². The number of carbonyl (C=O) groups excluding carboxylic acids is 1. The lowest BCUT2D eigenvalue weighted by Crippen LogP contribution is -2.36. The molecule has 0 aliphatic heterocycles. The van der Waals surface area contributed by atoms with Gasteiger partial charge in [0.25, 0.3) is 0 Å². The van der Waals surface area contributed by atoms with Crippen LogP contribution < -0.4 is 10.6 Å². The fourth-order valence-electron chi connectivity index (χ4n) is 1.84. The lowest BCUT2D eigenvalue weighted by Gasteiger charge is -2.16. The number of carbonyl (C=O) groups is 1. The third-order valence-electron chi connectivity index (χ3n) is 2.72. The largest absolute Gasteiger partial charge is 0.418 e. The molecular formula is C14H19F3N2O2. The quantitative estimate of drug-likeness (QED) is 0.782. The zero-order chi connectivity index (χ0) is 16.0. The first-order valence-electron chi connectivity index (χ1n) is 6.59. The Bertz CT molecular complexity index is 476. The van der Waals surface area contributed by atoms with Crippen molar-refractivity contribution in [1.82, 2.24) is 5.32 Å². The summed E-state index contributed by atoms with van der Waals surface area (Å²) in [4.78, 5) is 11.6. The highest BCUT2D eigenvalue weighted by molar-refractivity contribution is 5.90. The van der Waals surface area contributed by atoms with Gasteiger partial charge in [0.2, 0.25) is 0 Å². The minimum atomic E-state index is -4.54. The Balaban J connectivity index is 2.60. The Labute approximate surface area is 121 Å². The number of urea groups is 1. The Hall–Kier alpha value is -1.76. The molecule has 0 heterocycles.